The smallest absolute Gasteiger partial charge is 0.255 e. The quantitative estimate of drug-likeness (QED) is 0.403. The molecule has 0 heterocycles. The van der Waals surface area contributed by atoms with Crippen molar-refractivity contribution in [2.24, 2.45) is 17.6 Å². The Morgan fingerprint density at radius 2 is 1.76 bits per heavy atom. The first-order valence-corrected chi connectivity index (χ1v) is 11.0. The van der Waals surface area contributed by atoms with Crippen LogP contribution in [0, 0.1) is 11.8 Å². The Bertz CT molecular complexity index is 1290. The number of aliphatic hydroxyl groups is 2. The molecule has 0 spiro atoms. The Morgan fingerprint density at radius 1 is 1.03 bits per heavy atom. The monoisotopic (exact) mass is 461 g/mol. The van der Waals surface area contributed by atoms with Crippen molar-refractivity contribution in [2.45, 2.75) is 31.5 Å². The van der Waals surface area contributed by atoms with Crippen molar-refractivity contribution in [3.63, 3.8) is 0 Å². The topological polar surface area (TPSA) is 147 Å². The van der Waals surface area contributed by atoms with E-state index in [0.29, 0.717) is 12.0 Å². The number of allylic oxidation sites excluding steroid dienone is 1. The average Bonchev–Trinajstić information content (AvgIpc) is 2.80. The Hall–Kier alpha value is -3.91. The first kappa shape index (κ1) is 21.9. The zero-order valence-electron chi connectivity index (χ0n) is 18.2. The summed E-state index contributed by atoms with van der Waals surface area (Å²) in [6, 6.07) is 13.9. The van der Waals surface area contributed by atoms with Crippen molar-refractivity contribution >= 4 is 23.2 Å². The molecule has 3 unspecified atom stereocenters. The number of ether oxygens (including phenoxy) is 1. The van der Waals surface area contributed by atoms with Crippen LogP contribution in [0.4, 0.5) is 0 Å². The summed E-state index contributed by atoms with van der Waals surface area (Å²) in [5.74, 6) is -5.12. The fraction of sp³-hybridized carbons (Fsp3) is 0.269. The lowest BCUT2D eigenvalue weighted by Gasteiger charge is -2.46. The van der Waals surface area contributed by atoms with Gasteiger partial charge in [0.25, 0.3) is 5.91 Å². The third-order valence-electron chi connectivity index (χ3n) is 7.03. The highest BCUT2D eigenvalue weighted by Gasteiger charge is 2.61. The van der Waals surface area contributed by atoms with E-state index >= 15 is 0 Å². The zero-order valence-corrected chi connectivity index (χ0v) is 18.2. The third kappa shape index (κ3) is 3.13. The molecule has 5 rings (SSSR count). The van der Waals surface area contributed by atoms with Crippen LogP contribution in [0.3, 0.4) is 0 Å². The fourth-order valence-electron chi connectivity index (χ4n) is 5.41. The summed E-state index contributed by atoms with van der Waals surface area (Å²) in [5, 5.41) is 32.5. The van der Waals surface area contributed by atoms with E-state index in [9.17, 15) is 29.7 Å². The minimum Gasteiger partial charge on any atom is -0.507 e. The molecule has 8 nitrogen and oxygen atoms in total. The molecule has 1 fully saturated rings. The molecule has 5 N–H and O–H groups in total. The van der Waals surface area contributed by atoms with E-state index in [1.165, 1.54) is 6.07 Å². The number of nitrogens with two attached hydrogens (primary N) is 1. The summed E-state index contributed by atoms with van der Waals surface area (Å²) in [6.07, 6.45) is 0.519. The van der Waals surface area contributed by atoms with Crippen LogP contribution in [0.25, 0.3) is 5.76 Å². The van der Waals surface area contributed by atoms with Crippen LogP contribution in [-0.2, 0) is 32.1 Å². The summed E-state index contributed by atoms with van der Waals surface area (Å²) < 4.78 is 5.81. The molecule has 1 amide bonds. The lowest BCUT2D eigenvalue weighted by atomic mass is 9.58. The molecule has 0 bridgehead atoms. The molecule has 3 aliphatic rings. The van der Waals surface area contributed by atoms with Crippen molar-refractivity contribution in [2.75, 3.05) is 0 Å². The normalized spacial score (nSPS) is 26.0. The third-order valence-corrected chi connectivity index (χ3v) is 7.03. The van der Waals surface area contributed by atoms with Crippen LogP contribution < -0.4 is 5.73 Å². The molecule has 174 valence electrons. The number of phenolic OH excluding ortho intramolecular Hbond substituents is 1. The van der Waals surface area contributed by atoms with E-state index in [-0.39, 0.29) is 42.1 Å². The largest absolute Gasteiger partial charge is 0.507 e. The standard InChI is InChI=1S/C26H23NO7/c27-25(32)21-18(34-12-13-5-2-1-3-6-13)11-16-10-15-9-14-7-4-8-17(28)19(14)22(29)20(15)23(30)26(16,33)24(21)31/h1-8,15-16,28-29,33H,9-12H2,(H2,27,32). The summed E-state index contributed by atoms with van der Waals surface area (Å²) in [6.45, 7) is 0.0847. The van der Waals surface area contributed by atoms with Gasteiger partial charge in [0.05, 0.1) is 5.56 Å². The fourth-order valence-corrected chi connectivity index (χ4v) is 5.41. The molecule has 2 aromatic rings. The van der Waals surface area contributed by atoms with Crippen LogP contribution in [0.2, 0.25) is 0 Å². The molecule has 0 radical (unpaired) electrons. The van der Waals surface area contributed by atoms with Crippen LogP contribution in [0.1, 0.15) is 29.5 Å². The van der Waals surface area contributed by atoms with E-state index < -0.39 is 46.2 Å². The molecule has 3 atom stereocenters. The summed E-state index contributed by atoms with van der Waals surface area (Å²) in [5.41, 5.74) is 3.86. The van der Waals surface area contributed by atoms with Crippen LogP contribution >= 0.6 is 0 Å². The first-order chi connectivity index (χ1) is 16.2. The molecular weight excluding hydrogens is 438 g/mol. The maximum Gasteiger partial charge on any atom is 0.255 e. The van der Waals surface area contributed by atoms with E-state index in [0.717, 1.165) is 5.56 Å². The molecule has 0 saturated heterocycles. The second-order valence-corrected chi connectivity index (χ2v) is 8.97. The molecule has 0 aromatic heterocycles. The number of ketones is 2. The number of aromatic hydroxyl groups is 1. The number of hydrogen-bond acceptors (Lipinski definition) is 7. The van der Waals surface area contributed by atoms with Gasteiger partial charge in [-0.15, -0.1) is 0 Å². The highest BCUT2D eigenvalue weighted by molar-refractivity contribution is 6.32. The van der Waals surface area contributed by atoms with Gasteiger partial charge in [-0.25, -0.2) is 0 Å². The first-order valence-electron chi connectivity index (χ1n) is 11.0. The van der Waals surface area contributed by atoms with Crippen LogP contribution in [0.15, 0.2) is 65.4 Å². The summed E-state index contributed by atoms with van der Waals surface area (Å²) in [4.78, 5) is 39.1. The van der Waals surface area contributed by atoms with Gasteiger partial charge >= 0.3 is 0 Å². The number of carbonyl (C=O) groups excluding carboxylic acids is 3. The number of benzene rings is 2. The molecule has 8 heteroatoms. The second kappa shape index (κ2) is 7.85. The van der Waals surface area contributed by atoms with Crippen molar-refractivity contribution in [3.8, 4) is 5.75 Å². The molecule has 3 aliphatic carbocycles. The van der Waals surface area contributed by atoms with Gasteiger partial charge in [0.1, 0.15) is 29.4 Å². The zero-order chi connectivity index (χ0) is 24.2. The highest BCUT2D eigenvalue weighted by Crippen LogP contribution is 2.51. The summed E-state index contributed by atoms with van der Waals surface area (Å²) in [7, 11) is 0. The van der Waals surface area contributed by atoms with Crippen LogP contribution in [0.5, 0.6) is 5.75 Å². The number of fused-ring (bicyclic) bond motifs is 3. The Balaban J connectivity index is 1.56. The molecule has 2 aromatic carbocycles. The van der Waals surface area contributed by atoms with E-state index in [4.69, 9.17) is 10.5 Å². The van der Waals surface area contributed by atoms with Crippen molar-refractivity contribution in [3.05, 3.63) is 82.1 Å². The van der Waals surface area contributed by atoms with Gasteiger partial charge in [0.2, 0.25) is 11.6 Å². The Labute approximate surface area is 195 Å². The number of rotatable bonds is 4. The van der Waals surface area contributed by atoms with E-state index in [1.54, 1.807) is 12.1 Å². The lowest BCUT2D eigenvalue weighted by Crippen LogP contribution is -2.61. The number of amides is 1. The van der Waals surface area contributed by atoms with Crippen molar-refractivity contribution < 1.29 is 34.4 Å². The Kier molecular flexibility index (Phi) is 5.06. The van der Waals surface area contributed by atoms with Gasteiger partial charge in [0.15, 0.2) is 5.60 Å². The minimum absolute atomic E-state index is 0.0312. The predicted molar refractivity (Wildman–Crippen MR) is 120 cm³/mol. The second-order valence-electron chi connectivity index (χ2n) is 8.97. The van der Waals surface area contributed by atoms with Crippen molar-refractivity contribution in [1.29, 1.82) is 0 Å². The SMILES string of the molecule is NC(=O)C1=C(OCc2ccccc2)CC2CC3Cc4cccc(O)c4C(O)=C3C(=O)C2(O)C1=O. The minimum atomic E-state index is -2.55. The number of phenols is 1. The summed E-state index contributed by atoms with van der Waals surface area (Å²) >= 11 is 0. The lowest BCUT2D eigenvalue weighted by molar-refractivity contribution is -0.158. The number of hydrogen-bond donors (Lipinski definition) is 4. The van der Waals surface area contributed by atoms with Crippen molar-refractivity contribution in [1.82, 2.24) is 0 Å². The van der Waals surface area contributed by atoms with Gasteiger partial charge in [-0.1, -0.05) is 42.5 Å². The van der Waals surface area contributed by atoms with Gasteiger partial charge in [0, 0.05) is 17.9 Å². The van der Waals surface area contributed by atoms with Gasteiger partial charge < -0.3 is 25.8 Å². The van der Waals surface area contributed by atoms with E-state index in [2.05, 4.69) is 0 Å². The van der Waals surface area contributed by atoms with Gasteiger partial charge in [-0.2, -0.15) is 0 Å². The van der Waals surface area contributed by atoms with Gasteiger partial charge in [-0.3, -0.25) is 14.4 Å². The molecular formula is C26H23NO7. The number of aliphatic hydroxyl groups excluding tert-OH is 1. The highest BCUT2D eigenvalue weighted by atomic mass is 16.5. The molecule has 34 heavy (non-hydrogen) atoms. The van der Waals surface area contributed by atoms with Crippen LogP contribution in [-0.4, -0.2) is 38.4 Å². The van der Waals surface area contributed by atoms with E-state index in [1.807, 2.05) is 30.3 Å². The number of primary amides is 1. The number of Topliss-reactive ketones (excluding diaryl/α,β-unsaturated/α-hetero) is 2. The molecule has 1 saturated carbocycles. The Morgan fingerprint density at radius 3 is 2.47 bits per heavy atom. The maximum absolute atomic E-state index is 13.5. The molecule has 0 aliphatic heterocycles. The maximum atomic E-state index is 13.5. The predicted octanol–water partition coefficient (Wildman–Crippen LogP) is 2.08. The van der Waals surface area contributed by atoms with Gasteiger partial charge in [-0.05, 0) is 36.0 Å². The number of carbonyl (C=O) groups is 3. The average molecular weight is 461 g/mol.